The fraction of sp³-hybridized carbons (Fsp3) is 0.250. The van der Waals surface area contributed by atoms with E-state index in [4.69, 9.17) is 11.6 Å². The lowest BCUT2D eigenvalue weighted by atomic mass is 10.3. The Morgan fingerprint density at radius 1 is 1.09 bits per heavy atom. The van der Waals surface area contributed by atoms with Crippen molar-refractivity contribution in [3.63, 3.8) is 0 Å². The Bertz CT molecular complexity index is 223. The molecule has 0 nitrogen and oxygen atoms in total. The van der Waals surface area contributed by atoms with E-state index in [1.165, 1.54) is 6.07 Å². The summed E-state index contributed by atoms with van der Waals surface area (Å²) >= 11 is 5.31. The highest BCUT2D eigenvalue weighted by atomic mass is 35.5. The number of rotatable bonds is 0. The van der Waals surface area contributed by atoms with Gasteiger partial charge in [-0.2, -0.15) is 0 Å². The van der Waals surface area contributed by atoms with Crippen molar-refractivity contribution in [1.29, 1.82) is 0 Å². The highest BCUT2D eigenvalue weighted by molar-refractivity contribution is 6.30. The van der Waals surface area contributed by atoms with Gasteiger partial charge in [0.15, 0.2) is 11.6 Å². The Morgan fingerprint density at radius 3 is 2.00 bits per heavy atom. The van der Waals surface area contributed by atoms with Gasteiger partial charge in [-0.3, -0.25) is 0 Å². The Labute approximate surface area is 69.8 Å². The van der Waals surface area contributed by atoms with Crippen LogP contribution in [0.4, 0.5) is 8.78 Å². The summed E-state index contributed by atoms with van der Waals surface area (Å²) in [5.74, 6) is -1.79. The van der Waals surface area contributed by atoms with Crippen LogP contribution in [0.5, 0.6) is 0 Å². The monoisotopic (exact) mass is 178 g/mol. The van der Waals surface area contributed by atoms with Gasteiger partial charge in [0, 0.05) is 5.02 Å². The van der Waals surface area contributed by atoms with E-state index in [-0.39, 0.29) is 5.02 Å². The summed E-state index contributed by atoms with van der Waals surface area (Å²) in [5, 5.41) is 0.203. The maximum absolute atomic E-state index is 12.1. The van der Waals surface area contributed by atoms with E-state index in [0.717, 1.165) is 12.1 Å². The molecule has 0 N–H and O–H groups in total. The van der Waals surface area contributed by atoms with Crippen molar-refractivity contribution in [2.24, 2.45) is 0 Å². The van der Waals surface area contributed by atoms with Crippen molar-refractivity contribution < 1.29 is 8.78 Å². The standard InChI is InChI=1S/C6H3ClF2.C2H6/c7-4-1-2-5(8)6(9)3-4;1-2/h1-3H;1-2H3. The minimum atomic E-state index is -0.914. The Morgan fingerprint density at radius 2 is 1.64 bits per heavy atom. The topological polar surface area (TPSA) is 0 Å². The molecule has 0 unspecified atom stereocenters. The molecule has 0 spiro atoms. The summed E-state index contributed by atoms with van der Waals surface area (Å²) in [6.45, 7) is 4.00. The molecule has 0 amide bonds. The van der Waals surface area contributed by atoms with E-state index in [1.807, 2.05) is 13.8 Å². The van der Waals surface area contributed by atoms with E-state index in [1.54, 1.807) is 0 Å². The van der Waals surface area contributed by atoms with Crippen LogP contribution in [0.25, 0.3) is 0 Å². The second-order valence-electron chi connectivity index (χ2n) is 1.56. The number of benzene rings is 1. The third-order valence-corrected chi connectivity index (χ3v) is 1.12. The van der Waals surface area contributed by atoms with Crippen molar-refractivity contribution in [2.75, 3.05) is 0 Å². The lowest BCUT2D eigenvalue weighted by Gasteiger charge is -1.90. The fourth-order valence-corrected chi connectivity index (χ4v) is 0.629. The molecule has 0 aliphatic carbocycles. The first-order chi connectivity index (χ1) is 5.20. The van der Waals surface area contributed by atoms with Crippen LogP contribution in [0.1, 0.15) is 13.8 Å². The molecule has 1 aromatic carbocycles. The van der Waals surface area contributed by atoms with Crippen molar-refractivity contribution in [3.05, 3.63) is 34.9 Å². The molecule has 3 heteroatoms. The summed E-state index contributed by atoms with van der Waals surface area (Å²) in [4.78, 5) is 0. The molecule has 0 atom stereocenters. The van der Waals surface area contributed by atoms with Crippen LogP contribution < -0.4 is 0 Å². The Hall–Kier alpha value is -0.630. The van der Waals surface area contributed by atoms with Gasteiger partial charge in [-0.25, -0.2) is 8.78 Å². The van der Waals surface area contributed by atoms with Crippen LogP contribution >= 0.6 is 11.6 Å². The summed E-state index contributed by atoms with van der Waals surface area (Å²) in [7, 11) is 0. The minimum Gasteiger partial charge on any atom is -0.204 e. The number of halogens is 3. The molecule has 0 aliphatic heterocycles. The number of hydrogen-bond acceptors (Lipinski definition) is 0. The first-order valence-corrected chi connectivity index (χ1v) is 3.68. The van der Waals surface area contributed by atoms with Crippen molar-refractivity contribution >= 4 is 11.6 Å². The van der Waals surface area contributed by atoms with Gasteiger partial charge in [-0.05, 0) is 18.2 Å². The SMILES string of the molecule is CC.Fc1ccc(Cl)cc1F. The normalized spacial score (nSPS) is 8.45. The Kier molecular flexibility index (Phi) is 4.79. The molecular formula is C8H9ClF2. The van der Waals surface area contributed by atoms with Crippen LogP contribution in [0.3, 0.4) is 0 Å². The average molecular weight is 179 g/mol. The molecule has 0 radical (unpaired) electrons. The van der Waals surface area contributed by atoms with Crippen LogP contribution in [-0.4, -0.2) is 0 Å². The van der Waals surface area contributed by atoms with Crippen molar-refractivity contribution in [3.8, 4) is 0 Å². The highest BCUT2D eigenvalue weighted by Gasteiger charge is 1.98. The molecule has 0 bridgehead atoms. The van der Waals surface area contributed by atoms with Gasteiger partial charge in [0.05, 0.1) is 0 Å². The molecule has 0 heterocycles. The van der Waals surface area contributed by atoms with E-state index in [0.29, 0.717) is 0 Å². The van der Waals surface area contributed by atoms with E-state index >= 15 is 0 Å². The molecule has 0 aliphatic rings. The van der Waals surface area contributed by atoms with E-state index < -0.39 is 11.6 Å². The van der Waals surface area contributed by atoms with E-state index in [2.05, 4.69) is 0 Å². The molecule has 0 aromatic heterocycles. The van der Waals surface area contributed by atoms with Gasteiger partial charge in [0.25, 0.3) is 0 Å². The molecule has 1 aromatic rings. The van der Waals surface area contributed by atoms with Crippen LogP contribution in [-0.2, 0) is 0 Å². The smallest absolute Gasteiger partial charge is 0.160 e. The predicted molar refractivity (Wildman–Crippen MR) is 42.7 cm³/mol. The first-order valence-electron chi connectivity index (χ1n) is 3.30. The first kappa shape index (κ1) is 10.4. The quantitative estimate of drug-likeness (QED) is 0.532. The van der Waals surface area contributed by atoms with Crippen molar-refractivity contribution in [1.82, 2.24) is 0 Å². The van der Waals surface area contributed by atoms with E-state index in [9.17, 15) is 8.78 Å². The minimum absolute atomic E-state index is 0.203. The van der Waals surface area contributed by atoms with Gasteiger partial charge in [-0.15, -0.1) is 0 Å². The molecule has 1 rings (SSSR count). The molecular weight excluding hydrogens is 170 g/mol. The Balaban J connectivity index is 0.000000461. The van der Waals surface area contributed by atoms with Gasteiger partial charge >= 0.3 is 0 Å². The lowest BCUT2D eigenvalue weighted by molar-refractivity contribution is 0.508. The van der Waals surface area contributed by atoms with Crippen LogP contribution in [0, 0.1) is 11.6 Å². The summed E-state index contributed by atoms with van der Waals surface area (Å²) in [6.07, 6.45) is 0. The van der Waals surface area contributed by atoms with Gasteiger partial charge < -0.3 is 0 Å². The molecule has 11 heavy (non-hydrogen) atoms. The second kappa shape index (κ2) is 5.08. The third-order valence-electron chi connectivity index (χ3n) is 0.882. The molecule has 0 saturated carbocycles. The second-order valence-corrected chi connectivity index (χ2v) is 1.99. The van der Waals surface area contributed by atoms with Gasteiger partial charge in [-0.1, -0.05) is 25.4 Å². The van der Waals surface area contributed by atoms with Gasteiger partial charge in [0.1, 0.15) is 0 Å². The zero-order valence-corrected chi connectivity index (χ0v) is 7.12. The maximum atomic E-state index is 12.1. The van der Waals surface area contributed by atoms with Gasteiger partial charge in [0.2, 0.25) is 0 Å². The fourth-order valence-electron chi connectivity index (χ4n) is 0.470. The summed E-state index contributed by atoms with van der Waals surface area (Å²) in [6, 6.07) is 3.20. The zero-order valence-electron chi connectivity index (χ0n) is 6.37. The summed E-state index contributed by atoms with van der Waals surface area (Å²) < 4.78 is 24.2. The molecule has 62 valence electrons. The predicted octanol–water partition coefficient (Wildman–Crippen LogP) is 3.64. The zero-order chi connectivity index (χ0) is 8.85. The van der Waals surface area contributed by atoms with Crippen LogP contribution in [0.2, 0.25) is 5.02 Å². The average Bonchev–Trinajstić information content (AvgIpc) is 2.02. The lowest BCUT2D eigenvalue weighted by Crippen LogP contribution is -1.79. The largest absolute Gasteiger partial charge is 0.204 e. The van der Waals surface area contributed by atoms with Crippen molar-refractivity contribution in [2.45, 2.75) is 13.8 Å². The maximum Gasteiger partial charge on any atom is 0.160 e. The summed E-state index contributed by atoms with van der Waals surface area (Å²) in [5.41, 5.74) is 0. The third kappa shape index (κ3) is 3.33. The number of hydrogen-bond donors (Lipinski definition) is 0. The molecule has 0 fully saturated rings. The van der Waals surface area contributed by atoms with Crippen LogP contribution in [0.15, 0.2) is 18.2 Å². The molecule has 0 saturated heterocycles. The highest BCUT2D eigenvalue weighted by Crippen LogP contribution is 2.12.